The average molecular weight is 416 g/mol. The molecule has 1 atom stereocenters. The van der Waals surface area contributed by atoms with E-state index in [1.54, 1.807) is 20.4 Å². The van der Waals surface area contributed by atoms with E-state index < -0.39 is 5.41 Å². The molecule has 0 aliphatic carbocycles. The zero-order valence-electron chi connectivity index (χ0n) is 18.2. The van der Waals surface area contributed by atoms with Crippen LogP contribution in [0.5, 0.6) is 5.75 Å². The smallest absolute Gasteiger partial charge is 0.227 e. The molecule has 1 aromatic heterocycles. The van der Waals surface area contributed by atoms with Crippen molar-refractivity contribution in [1.29, 1.82) is 0 Å². The predicted octanol–water partition coefficient (Wildman–Crippen LogP) is 3.94. The van der Waals surface area contributed by atoms with Crippen LogP contribution in [0.2, 0.25) is 0 Å². The lowest BCUT2D eigenvalue weighted by Gasteiger charge is -2.28. The van der Waals surface area contributed by atoms with Gasteiger partial charge in [-0.3, -0.25) is 14.7 Å². The molecule has 0 radical (unpaired) electrons. The van der Waals surface area contributed by atoms with Crippen molar-refractivity contribution in [3.8, 4) is 16.9 Å². The average Bonchev–Trinajstić information content (AvgIpc) is 3.23. The van der Waals surface area contributed by atoms with Crippen molar-refractivity contribution >= 4 is 5.91 Å². The molecule has 0 spiro atoms. The van der Waals surface area contributed by atoms with Crippen molar-refractivity contribution in [3.05, 3.63) is 84.2 Å². The Morgan fingerprint density at radius 1 is 1.13 bits per heavy atom. The number of benzene rings is 2. The molecule has 5 nitrogen and oxygen atoms in total. The van der Waals surface area contributed by atoms with Crippen molar-refractivity contribution in [2.24, 2.45) is 5.41 Å². The van der Waals surface area contributed by atoms with Crippen LogP contribution in [-0.4, -0.2) is 43.0 Å². The number of methoxy groups -OCH3 is 1. The number of carbonyl (C=O) groups is 1. The molecule has 2 aromatic carbocycles. The summed E-state index contributed by atoms with van der Waals surface area (Å²) in [6.07, 6.45) is 5.20. The van der Waals surface area contributed by atoms with Gasteiger partial charge in [0.05, 0.1) is 12.5 Å². The van der Waals surface area contributed by atoms with E-state index in [0.717, 1.165) is 48.5 Å². The molecule has 5 heteroatoms. The Bertz CT molecular complexity index is 1040. The number of nitrogens with zero attached hydrogens (tertiary/aromatic N) is 2. The molecule has 1 saturated heterocycles. The Morgan fingerprint density at radius 3 is 2.74 bits per heavy atom. The molecule has 1 fully saturated rings. The molecule has 160 valence electrons. The molecule has 1 unspecified atom stereocenters. The maximum Gasteiger partial charge on any atom is 0.227 e. The minimum absolute atomic E-state index is 0.113. The van der Waals surface area contributed by atoms with E-state index in [9.17, 15) is 4.79 Å². The van der Waals surface area contributed by atoms with Crippen LogP contribution in [-0.2, 0) is 17.8 Å². The first-order chi connectivity index (χ1) is 15.1. The van der Waals surface area contributed by atoms with Gasteiger partial charge in [-0.1, -0.05) is 48.5 Å². The number of hydrogen-bond acceptors (Lipinski definition) is 4. The lowest BCUT2D eigenvalue weighted by Crippen LogP contribution is -2.43. The number of likely N-dealkylation sites (tertiary alicyclic amines) is 1. The SMILES string of the molecule is CNC(=O)C1(Cc2cccc(-c3cccnc3)c2)CCN(Cc2ccccc2OC)C1. The molecule has 3 aromatic rings. The molecule has 1 aliphatic rings. The summed E-state index contributed by atoms with van der Waals surface area (Å²) < 4.78 is 5.52. The second-order valence-corrected chi connectivity index (χ2v) is 8.25. The third kappa shape index (κ3) is 4.62. The monoisotopic (exact) mass is 415 g/mol. The topological polar surface area (TPSA) is 54.5 Å². The third-order valence-electron chi connectivity index (χ3n) is 6.19. The molecule has 1 amide bonds. The third-order valence-corrected chi connectivity index (χ3v) is 6.19. The van der Waals surface area contributed by atoms with Gasteiger partial charge in [0.1, 0.15) is 5.75 Å². The van der Waals surface area contributed by atoms with E-state index in [0.29, 0.717) is 6.42 Å². The standard InChI is InChI=1S/C26H29N3O2/c1-27-25(30)26(12-14-29(19-26)18-23-8-3-4-11-24(23)31-2)16-20-7-5-9-21(15-20)22-10-6-13-28-17-22/h3-11,13,15,17H,12,14,16,18-19H2,1-2H3,(H,27,30). The Balaban J connectivity index is 1.55. The van der Waals surface area contributed by atoms with E-state index in [2.05, 4.69) is 51.6 Å². The fourth-order valence-corrected chi connectivity index (χ4v) is 4.63. The number of rotatable bonds is 7. The first-order valence-electron chi connectivity index (χ1n) is 10.7. The fraction of sp³-hybridized carbons (Fsp3) is 0.308. The van der Waals surface area contributed by atoms with Crippen molar-refractivity contribution in [1.82, 2.24) is 15.2 Å². The van der Waals surface area contributed by atoms with Gasteiger partial charge in [-0.2, -0.15) is 0 Å². The highest BCUT2D eigenvalue weighted by Crippen LogP contribution is 2.37. The summed E-state index contributed by atoms with van der Waals surface area (Å²) in [5.41, 5.74) is 4.09. The Hall–Kier alpha value is -3.18. The van der Waals surface area contributed by atoms with Crippen LogP contribution in [0.4, 0.5) is 0 Å². The van der Waals surface area contributed by atoms with Crippen LogP contribution in [0.15, 0.2) is 73.1 Å². The molecule has 1 aliphatic heterocycles. The molecule has 0 saturated carbocycles. The van der Waals surface area contributed by atoms with Gasteiger partial charge in [0.2, 0.25) is 5.91 Å². The first-order valence-corrected chi connectivity index (χ1v) is 10.7. The second-order valence-electron chi connectivity index (χ2n) is 8.25. The summed E-state index contributed by atoms with van der Waals surface area (Å²) in [4.78, 5) is 19.6. The normalized spacial score (nSPS) is 18.6. The van der Waals surface area contributed by atoms with Crippen molar-refractivity contribution < 1.29 is 9.53 Å². The Labute approximate surface area is 184 Å². The molecule has 1 N–H and O–H groups in total. The highest BCUT2D eigenvalue weighted by atomic mass is 16.5. The Morgan fingerprint density at radius 2 is 1.97 bits per heavy atom. The quantitative estimate of drug-likeness (QED) is 0.635. The number of amides is 1. The lowest BCUT2D eigenvalue weighted by atomic mass is 9.79. The number of para-hydroxylation sites is 1. The maximum absolute atomic E-state index is 13.0. The van der Waals surface area contributed by atoms with Gasteiger partial charge in [-0.25, -0.2) is 0 Å². The molecule has 0 bridgehead atoms. The lowest BCUT2D eigenvalue weighted by molar-refractivity contribution is -0.130. The van der Waals surface area contributed by atoms with Gasteiger partial charge in [-0.05, 0) is 48.2 Å². The Kier molecular flexibility index (Phi) is 6.33. The summed E-state index contributed by atoms with van der Waals surface area (Å²) in [5.74, 6) is 1.01. The van der Waals surface area contributed by atoms with Crippen LogP contribution in [0.1, 0.15) is 17.5 Å². The van der Waals surface area contributed by atoms with Gasteiger partial charge < -0.3 is 10.1 Å². The van der Waals surface area contributed by atoms with E-state index in [-0.39, 0.29) is 5.91 Å². The molecular formula is C26H29N3O2. The van der Waals surface area contributed by atoms with Gasteiger partial charge in [0.15, 0.2) is 0 Å². The van der Waals surface area contributed by atoms with Crippen molar-refractivity contribution in [2.45, 2.75) is 19.4 Å². The summed E-state index contributed by atoms with van der Waals surface area (Å²) in [5, 5.41) is 2.92. The van der Waals surface area contributed by atoms with Gasteiger partial charge >= 0.3 is 0 Å². The largest absolute Gasteiger partial charge is 0.496 e. The molecule has 31 heavy (non-hydrogen) atoms. The number of ether oxygens (including phenoxy) is 1. The molecule has 2 heterocycles. The van der Waals surface area contributed by atoms with Gasteiger partial charge in [0, 0.05) is 38.1 Å². The van der Waals surface area contributed by atoms with Crippen LogP contribution in [0.25, 0.3) is 11.1 Å². The minimum Gasteiger partial charge on any atom is -0.496 e. The summed E-state index contributed by atoms with van der Waals surface area (Å²) in [7, 11) is 3.44. The second kappa shape index (κ2) is 9.31. The van der Waals surface area contributed by atoms with E-state index in [1.165, 1.54) is 5.56 Å². The number of pyridine rings is 1. The number of carbonyl (C=O) groups excluding carboxylic acids is 1. The number of nitrogens with one attached hydrogen (secondary N) is 1. The van der Waals surface area contributed by atoms with E-state index in [1.807, 2.05) is 30.5 Å². The van der Waals surface area contributed by atoms with Gasteiger partial charge in [-0.15, -0.1) is 0 Å². The van der Waals surface area contributed by atoms with E-state index >= 15 is 0 Å². The highest BCUT2D eigenvalue weighted by molar-refractivity contribution is 5.83. The predicted molar refractivity (Wildman–Crippen MR) is 123 cm³/mol. The highest BCUT2D eigenvalue weighted by Gasteiger charge is 2.44. The number of hydrogen-bond donors (Lipinski definition) is 1. The van der Waals surface area contributed by atoms with Crippen LogP contribution in [0, 0.1) is 5.41 Å². The zero-order chi connectivity index (χ0) is 21.7. The summed E-state index contributed by atoms with van der Waals surface area (Å²) in [6, 6.07) is 20.6. The van der Waals surface area contributed by atoms with Crippen LogP contribution in [0.3, 0.4) is 0 Å². The fourth-order valence-electron chi connectivity index (χ4n) is 4.63. The van der Waals surface area contributed by atoms with Crippen molar-refractivity contribution in [3.63, 3.8) is 0 Å². The summed E-state index contributed by atoms with van der Waals surface area (Å²) in [6.45, 7) is 2.38. The maximum atomic E-state index is 13.0. The van der Waals surface area contributed by atoms with Crippen LogP contribution >= 0.6 is 0 Å². The first kappa shape index (κ1) is 21.1. The minimum atomic E-state index is -0.440. The van der Waals surface area contributed by atoms with Gasteiger partial charge in [0.25, 0.3) is 0 Å². The zero-order valence-corrected chi connectivity index (χ0v) is 18.2. The number of aromatic nitrogens is 1. The van der Waals surface area contributed by atoms with E-state index in [4.69, 9.17) is 4.74 Å². The van der Waals surface area contributed by atoms with Crippen molar-refractivity contribution in [2.75, 3.05) is 27.2 Å². The molecule has 4 rings (SSSR count). The van der Waals surface area contributed by atoms with Crippen LogP contribution < -0.4 is 10.1 Å². The molecular weight excluding hydrogens is 386 g/mol. The summed E-state index contributed by atoms with van der Waals surface area (Å²) >= 11 is 0.